The van der Waals surface area contributed by atoms with Crippen molar-refractivity contribution in [3.05, 3.63) is 71.1 Å². The first-order valence-corrected chi connectivity index (χ1v) is 12.1. The van der Waals surface area contributed by atoms with Crippen molar-refractivity contribution in [1.29, 1.82) is 0 Å². The molecule has 8 nitrogen and oxygen atoms in total. The molecule has 2 aromatic carbocycles. The van der Waals surface area contributed by atoms with Crippen LogP contribution < -0.4 is 4.90 Å². The highest BCUT2D eigenvalue weighted by Crippen LogP contribution is 2.32. The van der Waals surface area contributed by atoms with Gasteiger partial charge in [-0.3, -0.25) is 0 Å². The fraction of sp³-hybridized carbons (Fsp3) is 0.190. The average molecular weight is 489 g/mol. The molecule has 1 aliphatic rings. The second kappa shape index (κ2) is 8.32. The molecule has 164 valence electrons. The quantitative estimate of drug-likeness (QED) is 0.436. The largest absolute Gasteiger partial charge is 0.353 e. The minimum Gasteiger partial charge on any atom is -0.353 e. The van der Waals surface area contributed by atoms with Gasteiger partial charge in [0.1, 0.15) is 17.0 Å². The number of halogens is 2. The Morgan fingerprint density at radius 2 is 1.66 bits per heavy atom. The maximum atomic E-state index is 13.2. The lowest BCUT2D eigenvalue weighted by molar-refractivity contribution is 0.383. The maximum absolute atomic E-state index is 13.2. The lowest BCUT2D eigenvalue weighted by atomic mass is 10.1. The highest BCUT2D eigenvalue weighted by atomic mass is 35.5. The van der Waals surface area contributed by atoms with Crippen LogP contribution in [0.1, 0.15) is 0 Å². The third-order valence-corrected chi connectivity index (χ3v) is 8.03. The Balaban J connectivity index is 1.46. The maximum Gasteiger partial charge on any atom is 0.254 e. The molecule has 0 saturated carbocycles. The normalized spacial score (nSPS) is 15.4. The Labute approximate surface area is 195 Å². The monoisotopic (exact) mass is 488 g/mol. The third kappa shape index (κ3) is 3.71. The lowest BCUT2D eigenvalue weighted by Crippen LogP contribution is -2.49. The van der Waals surface area contributed by atoms with Gasteiger partial charge < -0.3 is 4.90 Å². The predicted octanol–water partition coefficient (Wildman–Crippen LogP) is 3.61. The van der Waals surface area contributed by atoms with Crippen molar-refractivity contribution in [1.82, 2.24) is 23.9 Å². The summed E-state index contributed by atoms with van der Waals surface area (Å²) in [6, 6.07) is 14.3. The van der Waals surface area contributed by atoms with E-state index in [4.69, 9.17) is 23.2 Å². The number of hydrogen-bond acceptors (Lipinski definition) is 6. The molecule has 0 amide bonds. The van der Waals surface area contributed by atoms with Crippen LogP contribution in [0.15, 0.2) is 66.0 Å². The molecule has 1 aliphatic heterocycles. The first-order valence-electron chi connectivity index (χ1n) is 9.89. The molecule has 32 heavy (non-hydrogen) atoms. The van der Waals surface area contributed by atoms with Gasteiger partial charge in [0.15, 0.2) is 0 Å². The topological polar surface area (TPSA) is 83.7 Å². The summed E-state index contributed by atoms with van der Waals surface area (Å²) in [4.78, 5) is 10.8. The van der Waals surface area contributed by atoms with Gasteiger partial charge in [-0.15, -0.1) is 0 Å². The average Bonchev–Trinajstić information content (AvgIpc) is 3.28. The van der Waals surface area contributed by atoms with Crippen LogP contribution in [-0.4, -0.2) is 58.5 Å². The molecule has 11 heteroatoms. The smallest absolute Gasteiger partial charge is 0.254 e. The summed E-state index contributed by atoms with van der Waals surface area (Å²) in [5.41, 5.74) is 1.90. The number of aromatic nitrogens is 4. The van der Waals surface area contributed by atoms with E-state index in [0.717, 1.165) is 16.9 Å². The Morgan fingerprint density at radius 3 is 2.38 bits per heavy atom. The van der Waals surface area contributed by atoms with Gasteiger partial charge in [0.25, 0.3) is 5.78 Å². The summed E-state index contributed by atoms with van der Waals surface area (Å²) in [6.45, 7) is 1.55. The summed E-state index contributed by atoms with van der Waals surface area (Å²) in [7, 11) is -3.74. The predicted molar refractivity (Wildman–Crippen MR) is 124 cm³/mol. The van der Waals surface area contributed by atoms with E-state index in [1.165, 1.54) is 28.8 Å². The van der Waals surface area contributed by atoms with Gasteiger partial charge in [-0.1, -0.05) is 53.5 Å². The molecule has 2 aromatic heterocycles. The van der Waals surface area contributed by atoms with Crippen LogP contribution in [0.3, 0.4) is 0 Å². The zero-order chi connectivity index (χ0) is 22.3. The van der Waals surface area contributed by atoms with Crippen LogP contribution in [0, 0.1) is 0 Å². The van der Waals surface area contributed by atoms with Crippen molar-refractivity contribution in [3.63, 3.8) is 0 Å². The number of anilines is 1. The van der Waals surface area contributed by atoms with Crippen LogP contribution in [0.4, 0.5) is 5.82 Å². The second-order valence-electron chi connectivity index (χ2n) is 7.30. The fourth-order valence-electron chi connectivity index (χ4n) is 3.86. The zero-order valence-electron chi connectivity index (χ0n) is 16.8. The molecule has 0 bridgehead atoms. The zero-order valence-corrected chi connectivity index (χ0v) is 19.1. The van der Waals surface area contributed by atoms with Crippen molar-refractivity contribution in [3.8, 4) is 11.1 Å². The first-order chi connectivity index (χ1) is 15.4. The van der Waals surface area contributed by atoms with Crippen molar-refractivity contribution in [2.75, 3.05) is 31.1 Å². The minimum atomic E-state index is -3.74. The molecule has 4 aromatic rings. The number of fused-ring (bicyclic) bond motifs is 1. The number of nitrogens with zero attached hydrogens (tertiary/aromatic N) is 6. The first kappa shape index (κ1) is 21.1. The van der Waals surface area contributed by atoms with E-state index >= 15 is 0 Å². The highest BCUT2D eigenvalue weighted by molar-refractivity contribution is 7.89. The molecule has 0 aliphatic carbocycles. The van der Waals surface area contributed by atoms with E-state index in [2.05, 4.69) is 20.0 Å². The highest BCUT2D eigenvalue weighted by Gasteiger charge is 2.32. The van der Waals surface area contributed by atoms with Gasteiger partial charge in [0, 0.05) is 43.0 Å². The van der Waals surface area contributed by atoms with Gasteiger partial charge in [0.05, 0.1) is 5.02 Å². The number of piperazine rings is 1. The molecule has 1 fully saturated rings. The molecule has 0 N–H and O–H groups in total. The SMILES string of the molecule is O=S(=O)(c1ccc(Cl)cc1Cl)N1CCN(c2c(-c3ccccc3)cnc3ncnn23)CC1. The molecule has 3 heterocycles. The van der Waals surface area contributed by atoms with Crippen LogP contribution in [0.25, 0.3) is 16.9 Å². The summed E-state index contributed by atoms with van der Waals surface area (Å²) >= 11 is 12.1. The van der Waals surface area contributed by atoms with Crippen molar-refractivity contribution in [2.45, 2.75) is 4.90 Å². The van der Waals surface area contributed by atoms with Gasteiger partial charge >= 0.3 is 0 Å². The van der Waals surface area contributed by atoms with E-state index in [0.29, 0.717) is 37.0 Å². The summed E-state index contributed by atoms with van der Waals surface area (Å²) < 4.78 is 29.5. The van der Waals surface area contributed by atoms with Gasteiger partial charge in [-0.2, -0.15) is 18.9 Å². The molecule has 0 atom stereocenters. The van der Waals surface area contributed by atoms with Gasteiger partial charge in [0.2, 0.25) is 10.0 Å². The Kier molecular flexibility index (Phi) is 5.50. The molecular weight excluding hydrogens is 471 g/mol. The van der Waals surface area contributed by atoms with E-state index in [-0.39, 0.29) is 9.92 Å². The number of hydrogen-bond donors (Lipinski definition) is 0. The third-order valence-electron chi connectivity index (χ3n) is 5.42. The molecule has 0 radical (unpaired) electrons. The van der Waals surface area contributed by atoms with Crippen LogP contribution in [-0.2, 0) is 10.0 Å². The minimum absolute atomic E-state index is 0.0598. The molecule has 1 saturated heterocycles. The summed E-state index contributed by atoms with van der Waals surface area (Å²) in [5.74, 6) is 1.32. The Morgan fingerprint density at radius 1 is 0.906 bits per heavy atom. The number of sulfonamides is 1. The van der Waals surface area contributed by atoms with Crippen LogP contribution in [0.2, 0.25) is 10.0 Å². The van der Waals surface area contributed by atoms with Crippen LogP contribution >= 0.6 is 23.2 Å². The lowest BCUT2D eigenvalue weighted by Gasteiger charge is -2.36. The summed E-state index contributed by atoms with van der Waals surface area (Å²) in [5, 5.41) is 4.86. The van der Waals surface area contributed by atoms with E-state index in [9.17, 15) is 8.42 Å². The molecular formula is C21H18Cl2N6O2S. The Hall–Kier alpha value is -2.72. The van der Waals surface area contributed by atoms with Crippen molar-refractivity contribution in [2.24, 2.45) is 0 Å². The second-order valence-corrected chi connectivity index (χ2v) is 10.0. The van der Waals surface area contributed by atoms with Crippen molar-refractivity contribution < 1.29 is 8.42 Å². The van der Waals surface area contributed by atoms with Gasteiger partial charge in [-0.05, 0) is 23.8 Å². The van der Waals surface area contributed by atoms with Crippen molar-refractivity contribution >= 4 is 44.8 Å². The standard InChI is InChI=1S/C21H18Cl2N6O2S/c22-16-6-7-19(18(23)12-16)32(30,31)28-10-8-27(9-11-28)20-17(15-4-2-1-3-5-15)13-24-21-25-14-26-29(20)21/h1-7,12-14H,8-11H2. The van der Waals surface area contributed by atoms with E-state index < -0.39 is 10.0 Å². The number of benzene rings is 2. The van der Waals surface area contributed by atoms with E-state index in [1.807, 2.05) is 30.3 Å². The molecule has 0 unspecified atom stereocenters. The van der Waals surface area contributed by atoms with E-state index in [1.54, 1.807) is 10.7 Å². The fourth-order valence-corrected chi connectivity index (χ4v) is 6.02. The Bertz CT molecular complexity index is 1390. The number of rotatable bonds is 4. The summed E-state index contributed by atoms with van der Waals surface area (Å²) in [6.07, 6.45) is 3.25. The molecule has 0 spiro atoms. The van der Waals surface area contributed by atoms with Gasteiger partial charge in [-0.25, -0.2) is 13.4 Å². The van der Waals surface area contributed by atoms with Crippen LogP contribution in [0.5, 0.6) is 0 Å². The molecule has 5 rings (SSSR count).